The van der Waals surface area contributed by atoms with Crippen LogP contribution in [-0.2, 0) is 19.1 Å². The van der Waals surface area contributed by atoms with Crippen molar-refractivity contribution in [2.75, 3.05) is 24.6 Å². The van der Waals surface area contributed by atoms with Crippen LogP contribution in [0.2, 0.25) is 0 Å². The van der Waals surface area contributed by atoms with Gasteiger partial charge in [-0.3, -0.25) is 19.3 Å². The number of para-hydroxylation sites is 1. The number of hydrogen-bond acceptors (Lipinski definition) is 5. The van der Waals surface area contributed by atoms with Crippen molar-refractivity contribution in [3.63, 3.8) is 0 Å². The molecule has 4 fully saturated rings. The second-order valence-corrected chi connectivity index (χ2v) is 9.51. The van der Waals surface area contributed by atoms with E-state index in [-0.39, 0.29) is 24.4 Å². The highest BCUT2D eigenvalue weighted by Crippen LogP contribution is 2.61. The van der Waals surface area contributed by atoms with Gasteiger partial charge in [0, 0.05) is 12.1 Å². The number of esters is 1. The number of carbonyl (C=O) groups excluding carboxylic acids is 3. The molecule has 1 aromatic rings. The van der Waals surface area contributed by atoms with Crippen LogP contribution >= 0.6 is 0 Å². The SMILES string of the molecule is N#CCN(C(=O)COC(=O)CNC(=O)CC12CC3CC(CC(C3)C1)C2)c1ccccc1. The van der Waals surface area contributed by atoms with Gasteiger partial charge in [-0.1, -0.05) is 18.2 Å². The highest BCUT2D eigenvalue weighted by Gasteiger charge is 2.51. The van der Waals surface area contributed by atoms with Crippen LogP contribution in [0.3, 0.4) is 0 Å². The van der Waals surface area contributed by atoms with Gasteiger partial charge in [0.1, 0.15) is 13.1 Å². The first kappa shape index (κ1) is 21.4. The summed E-state index contributed by atoms with van der Waals surface area (Å²) in [5.41, 5.74) is 0.681. The Morgan fingerprint density at radius 2 is 1.68 bits per heavy atom. The lowest BCUT2D eigenvalue weighted by atomic mass is 9.49. The Bertz CT molecular complexity index is 841. The van der Waals surface area contributed by atoms with Crippen molar-refractivity contribution in [2.24, 2.45) is 23.2 Å². The Morgan fingerprint density at radius 3 is 2.26 bits per heavy atom. The predicted octanol–water partition coefficient (Wildman–Crippen LogP) is 2.81. The van der Waals surface area contributed by atoms with Crippen molar-refractivity contribution in [2.45, 2.75) is 44.9 Å². The van der Waals surface area contributed by atoms with E-state index in [2.05, 4.69) is 5.32 Å². The maximum absolute atomic E-state index is 12.5. The third kappa shape index (κ3) is 5.07. The van der Waals surface area contributed by atoms with E-state index in [1.54, 1.807) is 24.3 Å². The van der Waals surface area contributed by atoms with Crippen molar-refractivity contribution < 1.29 is 19.1 Å². The minimum Gasteiger partial charge on any atom is -0.454 e. The van der Waals surface area contributed by atoms with E-state index in [4.69, 9.17) is 10.00 Å². The Morgan fingerprint density at radius 1 is 1.06 bits per heavy atom. The minimum absolute atomic E-state index is 0.111. The number of benzene rings is 1. The molecule has 0 atom stereocenters. The molecule has 4 bridgehead atoms. The van der Waals surface area contributed by atoms with Gasteiger partial charge in [-0.15, -0.1) is 0 Å². The number of anilines is 1. The molecule has 2 amide bonds. The van der Waals surface area contributed by atoms with Crippen LogP contribution in [0, 0.1) is 34.5 Å². The van der Waals surface area contributed by atoms with Crippen molar-refractivity contribution in [3.05, 3.63) is 30.3 Å². The lowest BCUT2D eigenvalue weighted by Crippen LogP contribution is -2.48. The van der Waals surface area contributed by atoms with Gasteiger partial charge in [0.05, 0.1) is 6.07 Å². The molecule has 31 heavy (non-hydrogen) atoms. The van der Waals surface area contributed by atoms with Gasteiger partial charge in [0.15, 0.2) is 6.61 Å². The van der Waals surface area contributed by atoms with Crippen LogP contribution in [-0.4, -0.2) is 37.5 Å². The molecule has 1 aromatic carbocycles. The largest absolute Gasteiger partial charge is 0.454 e. The molecule has 5 rings (SSSR count). The fourth-order valence-electron chi connectivity index (χ4n) is 6.35. The average molecular weight is 424 g/mol. The van der Waals surface area contributed by atoms with Crippen molar-refractivity contribution in [3.8, 4) is 6.07 Å². The van der Waals surface area contributed by atoms with E-state index in [1.807, 2.05) is 12.1 Å². The first-order valence-corrected chi connectivity index (χ1v) is 11.1. The molecule has 4 aliphatic rings. The lowest BCUT2D eigenvalue weighted by Gasteiger charge is -2.56. The summed E-state index contributed by atoms with van der Waals surface area (Å²) >= 11 is 0. The molecule has 0 heterocycles. The summed E-state index contributed by atoms with van der Waals surface area (Å²) in [6.45, 7) is -0.857. The highest BCUT2D eigenvalue weighted by atomic mass is 16.5. The first-order valence-electron chi connectivity index (χ1n) is 11.1. The molecule has 4 saturated carbocycles. The van der Waals surface area contributed by atoms with Crippen molar-refractivity contribution >= 4 is 23.5 Å². The molecule has 1 N–H and O–H groups in total. The molecule has 0 saturated heterocycles. The summed E-state index contributed by atoms with van der Waals surface area (Å²) in [5.74, 6) is 1.07. The van der Waals surface area contributed by atoms with Crippen LogP contribution < -0.4 is 10.2 Å². The van der Waals surface area contributed by atoms with E-state index in [0.717, 1.165) is 37.0 Å². The molecule has 164 valence electrons. The van der Waals surface area contributed by atoms with E-state index in [9.17, 15) is 14.4 Å². The maximum Gasteiger partial charge on any atom is 0.325 e. The first-order chi connectivity index (χ1) is 15.0. The normalized spacial score (nSPS) is 27.9. The lowest BCUT2D eigenvalue weighted by molar-refractivity contribution is -0.148. The zero-order valence-electron chi connectivity index (χ0n) is 17.7. The molecular weight excluding hydrogens is 394 g/mol. The third-order valence-electron chi connectivity index (χ3n) is 7.08. The fourth-order valence-corrected chi connectivity index (χ4v) is 6.35. The molecule has 0 radical (unpaired) electrons. The summed E-state index contributed by atoms with van der Waals surface area (Å²) in [7, 11) is 0. The fraction of sp³-hybridized carbons (Fsp3) is 0.583. The van der Waals surface area contributed by atoms with Crippen LogP contribution in [0.1, 0.15) is 44.9 Å². The maximum atomic E-state index is 12.5. The van der Waals surface area contributed by atoms with Crippen molar-refractivity contribution in [1.29, 1.82) is 5.26 Å². The van der Waals surface area contributed by atoms with E-state index < -0.39 is 18.5 Å². The van der Waals surface area contributed by atoms with E-state index in [1.165, 1.54) is 24.2 Å². The Labute approximate surface area is 182 Å². The van der Waals surface area contributed by atoms with Crippen LogP contribution in [0.15, 0.2) is 30.3 Å². The van der Waals surface area contributed by atoms with Crippen LogP contribution in [0.25, 0.3) is 0 Å². The van der Waals surface area contributed by atoms with Gasteiger partial charge in [0.2, 0.25) is 5.91 Å². The Balaban J connectivity index is 1.22. The molecule has 0 unspecified atom stereocenters. The second kappa shape index (κ2) is 9.09. The number of nitrogens with one attached hydrogen (secondary N) is 1. The van der Waals surface area contributed by atoms with Crippen molar-refractivity contribution in [1.82, 2.24) is 5.32 Å². The third-order valence-corrected chi connectivity index (χ3v) is 7.08. The van der Waals surface area contributed by atoms with Gasteiger partial charge < -0.3 is 10.1 Å². The summed E-state index contributed by atoms with van der Waals surface area (Å²) in [4.78, 5) is 38.2. The standard InChI is InChI=1S/C24H29N3O4/c25-6-7-27(20-4-2-1-3-5-20)22(29)16-31-23(30)15-26-21(28)14-24-11-17-8-18(12-24)10-19(9-17)13-24/h1-5,17-19H,7-16H2,(H,26,28). The quantitative estimate of drug-likeness (QED) is 0.512. The molecular formula is C24H29N3O4. The molecule has 0 aromatic heterocycles. The number of ether oxygens (including phenoxy) is 1. The van der Waals surface area contributed by atoms with Gasteiger partial charge in [-0.25, -0.2) is 0 Å². The monoisotopic (exact) mass is 423 g/mol. The molecule has 7 heteroatoms. The summed E-state index contributed by atoms with van der Waals surface area (Å²) in [5, 5.41) is 11.7. The highest BCUT2D eigenvalue weighted by molar-refractivity contribution is 5.95. The van der Waals surface area contributed by atoms with E-state index in [0.29, 0.717) is 12.1 Å². The minimum atomic E-state index is -0.655. The molecule has 0 spiro atoms. The Hall–Kier alpha value is -2.88. The van der Waals surface area contributed by atoms with Crippen LogP contribution in [0.5, 0.6) is 0 Å². The van der Waals surface area contributed by atoms with Gasteiger partial charge >= 0.3 is 5.97 Å². The number of hydrogen-bond donors (Lipinski definition) is 1. The topological polar surface area (TPSA) is 99.5 Å². The van der Waals surface area contributed by atoms with Crippen LogP contribution in [0.4, 0.5) is 5.69 Å². The number of nitriles is 1. The zero-order valence-corrected chi connectivity index (χ0v) is 17.7. The van der Waals surface area contributed by atoms with E-state index >= 15 is 0 Å². The summed E-state index contributed by atoms with van der Waals surface area (Å²) < 4.78 is 5.04. The number of rotatable bonds is 8. The number of nitrogens with zero attached hydrogens (tertiary/aromatic N) is 2. The molecule has 4 aliphatic carbocycles. The second-order valence-electron chi connectivity index (χ2n) is 9.51. The predicted molar refractivity (Wildman–Crippen MR) is 114 cm³/mol. The molecule has 7 nitrogen and oxygen atoms in total. The van der Waals surface area contributed by atoms with Gasteiger partial charge in [0.25, 0.3) is 5.91 Å². The number of amides is 2. The van der Waals surface area contributed by atoms with Gasteiger partial charge in [-0.2, -0.15) is 5.26 Å². The average Bonchev–Trinajstić information content (AvgIpc) is 2.73. The Kier molecular flexibility index (Phi) is 6.26. The summed E-state index contributed by atoms with van der Waals surface area (Å²) in [6, 6.07) is 10.7. The molecule has 0 aliphatic heterocycles. The smallest absolute Gasteiger partial charge is 0.325 e. The number of carbonyl (C=O) groups is 3. The van der Waals surface area contributed by atoms with Gasteiger partial charge in [-0.05, 0) is 73.8 Å². The summed E-state index contributed by atoms with van der Waals surface area (Å²) in [6.07, 6.45) is 7.87. The zero-order chi connectivity index (χ0) is 21.8.